The van der Waals surface area contributed by atoms with Crippen molar-refractivity contribution in [3.05, 3.63) is 51.3 Å². The van der Waals surface area contributed by atoms with E-state index in [2.05, 4.69) is 26.7 Å². The molecule has 1 aromatic heterocycles. The molecule has 1 N–H and O–H groups in total. The minimum Gasteiger partial charge on any atom is -0.206 e. The zero-order valence-electron chi connectivity index (χ0n) is 10.7. The Bertz CT molecular complexity index is 724. The van der Waals surface area contributed by atoms with Gasteiger partial charge in [-0.05, 0) is 57.8 Å². The van der Waals surface area contributed by atoms with Crippen LogP contribution >= 0.6 is 27.3 Å². The van der Waals surface area contributed by atoms with E-state index in [1.165, 1.54) is 16.9 Å². The molecule has 3 rings (SSSR count). The molecule has 1 atom stereocenters. The third kappa shape index (κ3) is 2.70. The van der Waals surface area contributed by atoms with Gasteiger partial charge < -0.3 is 0 Å². The fraction of sp³-hybridized carbons (Fsp3) is 0.286. The third-order valence-corrected chi connectivity index (χ3v) is 7.64. The van der Waals surface area contributed by atoms with E-state index in [0.29, 0.717) is 8.68 Å². The van der Waals surface area contributed by atoms with Crippen molar-refractivity contribution in [2.45, 2.75) is 29.5 Å². The van der Waals surface area contributed by atoms with Crippen LogP contribution in [0.25, 0.3) is 0 Å². The van der Waals surface area contributed by atoms with Gasteiger partial charge in [-0.25, -0.2) is 13.1 Å². The van der Waals surface area contributed by atoms with E-state index in [0.717, 1.165) is 24.8 Å². The lowest BCUT2D eigenvalue weighted by Crippen LogP contribution is -2.30. The molecule has 3 nitrogen and oxygen atoms in total. The molecule has 2 aromatic rings. The highest BCUT2D eigenvalue weighted by Gasteiger charge is 2.27. The van der Waals surface area contributed by atoms with Gasteiger partial charge in [0.2, 0.25) is 0 Å². The lowest BCUT2D eigenvalue weighted by molar-refractivity contribution is 0.508. The summed E-state index contributed by atoms with van der Waals surface area (Å²) in [6, 6.07) is 9.70. The largest absolute Gasteiger partial charge is 0.251 e. The molecule has 0 spiro atoms. The van der Waals surface area contributed by atoms with Gasteiger partial charge in [0.25, 0.3) is 10.0 Å². The Morgan fingerprint density at radius 2 is 2.05 bits per heavy atom. The molecule has 0 radical (unpaired) electrons. The summed E-state index contributed by atoms with van der Waals surface area (Å²) in [6.07, 6.45) is 2.88. The second-order valence-electron chi connectivity index (χ2n) is 4.82. The van der Waals surface area contributed by atoms with E-state index >= 15 is 0 Å². The van der Waals surface area contributed by atoms with Crippen molar-refractivity contribution in [1.29, 1.82) is 0 Å². The van der Waals surface area contributed by atoms with Gasteiger partial charge in [0.1, 0.15) is 4.21 Å². The van der Waals surface area contributed by atoms with Crippen molar-refractivity contribution in [2.24, 2.45) is 0 Å². The Hall–Kier alpha value is -0.690. The van der Waals surface area contributed by atoms with Gasteiger partial charge in [-0.2, -0.15) is 0 Å². The van der Waals surface area contributed by atoms with Crippen LogP contribution in [-0.2, 0) is 16.4 Å². The highest BCUT2D eigenvalue weighted by molar-refractivity contribution is 9.10. The maximum Gasteiger partial charge on any atom is 0.251 e. The standard InChI is InChI=1S/C14H14BrNO2S2/c15-12-8-9-19-14(12)20(17,18)16-13-7-3-5-10-4-1-2-6-11(10)13/h1-2,4,6,8-9,13,16H,3,5,7H2. The fourth-order valence-corrected chi connectivity index (χ4v) is 6.19. The van der Waals surface area contributed by atoms with E-state index in [9.17, 15) is 8.42 Å². The molecule has 1 unspecified atom stereocenters. The first-order valence-electron chi connectivity index (χ1n) is 6.41. The number of hydrogen-bond acceptors (Lipinski definition) is 3. The van der Waals surface area contributed by atoms with Crippen LogP contribution < -0.4 is 4.72 Å². The van der Waals surface area contributed by atoms with Gasteiger partial charge in [0.05, 0.1) is 0 Å². The molecule has 0 amide bonds. The topological polar surface area (TPSA) is 46.2 Å². The summed E-state index contributed by atoms with van der Waals surface area (Å²) < 4.78 is 28.7. The van der Waals surface area contributed by atoms with Crippen molar-refractivity contribution in [1.82, 2.24) is 4.72 Å². The SMILES string of the molecule is O=S(=O)(NC1CCCc2ccccc21)c1sccc1Br. The van der Waals surface area contributed by atoms with Crippen LogP contribution in [0.4, 0.5) is 0 Å². The number of benzene rings is 1. The van der Waals surface area contributed by atoms with Crippen molar-refractivity contribution in [2.75, 3.05) is 0 Å². The van der Waals surface area contributed by atoms with E-state index in [-0.39, 0.29) is 6.04 Å². The summed E-state index contributed by atoms with van der Waals surface area (Å²) in [5.74, 6) is 0. The van der Waals surface area contributed by atoms with Crippen LogP contribution in [0.15, 0.2) is 44.4 Å². The second kappa shape index (κ2) is 5.60. The fourth-order valence-electron chi connectivity index (χ4n) is 2.59. The average molecular weight is 372 g/mol. The Morgan fingerprint density at radius 3 is 2.80 bits per heavy atom. The number of nitrogens with one attached hydrogen (secondary N) is 1. The number of aryl methyl sites for hydroxylation is 1. The molecule has 1 aromatic carbocycles. The maximum atomic E-state index is 12.5. The van der Waals surface area contributed by atoms with Crippen LogP contribution in [0, 0.1) is 0 Å². The van der Waals surface area contributed by atoms with Gasteiger partial charge in [0.15, 0.2) is 0 Å². The summed E-state index contributed by atoms with van der Waals surface area (Å²) in [6.45, 7) is 0. The first-order chi connectivity index (χ1) is 9.58. The molecule has 0 saturated heterocycles. The number of halogens is 1. The van der Waals surface area contributed by atoms with E-state index < -0.39 is 10.0 Å². The van der Waals surface area contributed by atoms with Crippen molar-refractivity contribution in [3.8, 4) is 0 Å². The van der Waals surface area contributed by atoms with Crippen LogP contribution in [0.2, 0.25) is 0 Å². The highest BCUT2D eigenvalue weighted by atomic mass is 79.9. The smallest absolute Gasteiger partial charge is 0.206 e. The molecule has 20 heavy (non-hydrogen) atoms. The van der Waals surface area contributed by atoms with E-state index in [1.807, 2.05) is 18.2 Å². The van der Waals surface area contributed by atoms with Crippen molar-refractivity contribution in [3.63, 3.8) is 0 Å². The second-order valence-corrected chi connectivity index (χ2v) is 8.50. The van der Waals surface area contributed by atoms with Crippen LogP contribution in [0.3, 0.4) is 0 Å². The summed E-state index contributed by atoms with van der Waals surface area (Å²) >= 11 is 4.52. The Kier molecular flexibility index (Phi) is 3.99. The number of fused-ring (bicyclic) bond motifs is 1. The van der Waals surface area contributed by atoms with Crippen LogP contribution in [0.5, 0.6) is 0 Å². The summed E-state index contributed by atoms with van der Waals surface area (Å²) in [5, 5.41) is 1.77. The average Bonchev–Trinajstić information content (AvgIpc) is 2.86. The first-order valence-corrected chi connectivity index (χ1v) is 9.56. The molecular formula is C14H14BrNO2S2. The Balaban J connectivity index is 1.91. The number of hydrogen-bond donors (Lipinski definition) is 1. The monoisotopic (exact) mass is 371 g/mol. The minimum absolute atomic E-state index is 0.126. The third-order valence-electron chi connectivity index (χ3n) is 3.50. The van der Waals surface area contributed by atoms with Gasteiger partial charge in [-0.15, -0.1) is 11.3 Å². The van der Waals surface area contributed by atoms with Crippen LogP contribution in [0.1, 0.15) is 30.0 Å². The zero-order valence-corrected chi connectivity index (χ0v) is 13.9. The first kappa shape index (κ1) is 14.3. The summed E-state index contributed by atoms with van der Waals surface area (Å²) in [7, 11) is -3.47. The molecule has 1 aliphatic carbocycles. The number of thiophene rings is 1. The van der Waals surface area contributed by atoms with E-state index in [4.69, 9.17) is 0 Å². The van der Waals surface area contributed by atoms with Gasteiger partial charge in [-0.1, -0.05) is 24.3 Å². The number of rotatable bonds is 3. The van der Waals surface area contributed by atoms with Crippen molar-refractivity contribution >= 4 is 37.3 Å². The van der Waals surface area contributed by atoms with Crippen LogP contribution in [-0.4, -0.2) is 8.42 Å². The maximum absolute atomic E-state index is 12.5. The van der Waals surface area contributed by atoms with Gasteiger partial charge >= 0.3 is 0 Å². The summed E-state index contributed by atoms with van der Waals surface area (Å²) in [5.41, 5.74) is 2.35. The molecule has 1 aliphatic rings. The lowest BCUT2D eigenvalue weighted by atomic mass is 9.88. The van der Waals surface area contributed by atoms with Gasteiger partial charge in [-0.3, -0.25) is 0 Å². The molecule has 1 heterocycles. The molecule has 0 saturated carbocycles. The molecular weight excluding hydrogens is 358 g/mol. The zero-order chi connectivity index (χ0) is 14.2. The predicted octanol–water partition coefficient (Wildman–Crippen LogP) is 3.87. The molecule has 0 bridgehead atoms. The lowest BCUT2D eigenvalue weighted by Gasteiger charge is -2.26. The Morgan fingerprint density at radius 1 is 1.25 bits per heavy atom. The molecule has 0 fully saturated rings. The summed E-state index contributed by atoms with van der Waals surface area (Å²) in [4.78, 5) is 0. The quantitative estimate of drug-likeness (QED) is 0.889. The van der Waals surface area contributed by atoms with Gasteiger partial charge in [0, 0.05) is 10.5 Å². The Labute approximate surface area is 131 Å². The minimum atomic E-state index is -3.47. The normalized spacial score (nSPS) is 18.8. The van der Waals surface area contributed by atoms with E-state index in [1.54, 1.807) is 11.4 Å². The molecule has 0 aliphatic heterocycles. The predicted molar refractivity (Wildman–Crippen MR) is 84.5 cm³/mol. The number of sulfonamides is 1. The molecule has 106 valence electrons. The molecule has 6 heteroatoms. The van der Waals surface area contributed by atoms with Crippen molar-refractivity contribution < 1.29 is 8.42 Å². The highest BCUT2D eigenvalue weighted by Crippen LogP contribution is 2.33.